The number of benzene rings is 2. The van der Waals surface area contributed by atoms with Gasteiger partial charge in [0.2, 0.25) is 0 Å². The number of rotatable bonds is 3. The summed E-state index contributed by atoms with van der Waals surface area (Å²) < 4.78 is 5.65. The van der Waals surface area contributed by atoms with Gasteiger partial charge in [-0.1, -0.05) is 48.5 Å². The van der Waals surface area contributed by atoms with Crippen LogP contribution in [0.25, 0.3) is 10.9 Å². The van der Waals surface area contributed by atoms with Crippen molar-refractivity contribution < 1.29 is 19.1 Å². The Morgan fingerprint density at radius 2 is 1.75 bits per heavy atom. The third kappa shape index (κ3) is 3.25. The van der Waals surface area contributed by atoms with Crippen LogP contribution < -0.4 is 0 Å². The fraction of sp³-hybridized carbons (Fsp3) is 0.320. The van der Waals surface area contributed by atoms with E-state index in [0.717, 1.165) is 22.0 Å². The van der Waals surface area contributed by atoms with Gasteiger partial charge in [-0.15, -0.1) is 0 Å². The van der Waals surface area contributed by atoms with Crippen LogP contribution in [0.2, 0.25) is 0 Å². The Morgan fingerprint density at radius 1 is 1.06 bits per heavy atom. The lowest BCUT2D eigenvalue weighted by atomic mass is 9.92. The highest BCUT2D eigenvalue weighted by Gasteiger charge is 2.55. The molecule has 2 atom stereocenters. The molecular formula is C25H25N3O4. The van der Waals surface area contributed by atoms with E-state index >= 15 is 0 Å². The number of imide groups is 1. The summed E-state index contributed by atoms with van der Waals surface area (Å²) in [6, 6.07) is 14.9. The highest BCUT2D eigenvalue weighted by molar-refractivity contribution is 6.07. The van der Waals surface area contributed by atoms with Crippen LogP contribution >= 0.6 is 0 Å². The molecule has 7 heteroatoms. The van der Waals surface area contributed by atoms with E-state index < -0.39 is 29.7 Å². The zero-order chi connectivity index (χ0) is 22.6. The van der Waals surface area contributed by atoms with Gasteiger partial charge in [-0.25, -0.2) is 9.59 Å². The number of para-hydroxylation sites is 1. The molecule has 0 saturated carbocycles. The van der Waals surface area contributed by atoms with E-state index in [-0.39, 0.29) is 12.5 Å². The van der Waals surface area contributed by atoms with Crippen LogP contribution in [0.15, 0.2) is 54.6 Å². The van der Waals surface area contributed by atoms with Crippen molar-refractivity contribution in [2.45, 2.75) is 51.4 Å². The Hall–Kier alpha value is -3.61. The van der Waals surface area contributed by atoms with E-state index in [1.54, 1.807) is 20.8 Å². The number of H-pyrrole nitrogens is 1. The number of nitrogens with one attached hydrogen (secondary N) is 1. The number of carbonyl (C=O) groups is 3. The number of hydrogen-bond donors (Lipinski definition) is 1. The highest BCUT2D eigenvalue weighted by Crippen LogP contribution is 2.43. The van der Waals surface area contributed by atoms with Gasteiger partial charge < -0.3 is 9.72 Å². The first-order chi connectivity index (χ1) is 15.2. The third-order valence-corrected chi connectivity index (χ3v) is 5.95. The monoisotopic (exact) mass is 431 g/mol. The largest absolute Gasteiger partial charge is 0.458 e. The minimum atomic E-state index is -0.875. The molecule has 0 spiro atoms. The van der Waals surface area contributed by atoms with E-state index in [1.165, 1.54) is 9.80 Å². The summed E-state index contributed by atoms with van der Waals surface area (Å²) in [5.41, 5.74) is 2.59. The molecule has 0 radical (unpaired) electrons. The van der Waals surface area contributed by atoms with E-state index in [4.69, 9.17) is 4.74 Å². The number of urea groups is 1. The lowest BCUT2D eigenvalue weighted by Crippen LogP contribution is -2.50. The molecule has 2 aliphatic heterocycles. The van der Waals surface area contributed by atoms with Gasteiger partial charge in [-0.2, -0.15) is 0 Å². The number of hydrogen-bond acceptors (Lipinski definition) is 4. The average molecular weight is 431 g/mol. The van der Waals surface area contributed by atoms with Crippen LogP contribution in [0.1, 0.15) is 43.6 Å². The van der Waals surface area contributed by atoms with Gasteiger partial charge in [0, 0.05) is 17.3 Å². The topological polar surface area (TPSA) is 82.7 Å². The Labute approximate surface area is 185 Å². The van der Waals surface area contributed by atoms with Gasteiger partial charge in [-0.3, -0.25) is 14.6 Å². The number of aromatic amines is 1. The molecule has 32 heavy (non-hydrogen) atoms. The Morgan fingerprint density at radius 3 is 2.47 bits per heavy atom. The smallest absolute Gasteiger partial charge is 0.329 e. The standard InChI is InChI=1S/C25H25N3O4/c1-25(2,3)32-23(30)19-13-17-16-11-7-8-12-18(16)26-20(17)21-22(29)27(24(31)28(19)21)14-15-9-5-4-6-10-15/h4-12,19,21,26H,13-14H2,1-3H3/t19-,21-/m0/s1. The van der Waals surface area contributed by atoms with Crippen molar-refractivity contribution >= 4 is 28.8 Å². The Kier molecular flexibility index (Phi) is 4.58. The quantitative estimate of drug-likeness (QED) is 0.503. The SMILES string of the molecule is CC(C)(C)OC(=O)[C@@H]1Cc2c([nH]c3ccccc23)[C@H]2C(=O)N(Cc3ccccc3)C(=O)N21. The molecule has 1 N–H and O–H groups in total. The first kappa shape index (κ1) is 20.3. The molecule has 2 aromatic carbocycles. The predicted octanol–water partition coefficient (Wildman–Crippen LogP) is 3.94. The summed E-state index contributed by atoms with van der Waals surface area (Å²) in [6.45, 7) is 5.53. The summed E-state index contributed by atoms with van der Waals surface area (Å²) >= 11 is 0. The molecule has 3 aromatic rings. The van der Waals surface area contributed by atoms with Crippen LogP contribution in [0.5, 0.6) is 0 Å². The lowest BCUT2D eigenvalue weighted by Gasteiger charge is -2.35. The number of aromatic nitrogens is 1. The van der Waals surface area contributed by atoms with Crippen LogP contribution in [-0.4, -0.2) is 44.3 Å². The zero-order valence-electron chi connectivity index (χ0n) is 18.3. The first-order valence-electron chi connectivity index (χ1n) is 10.7. The molecular weight excluding hydrogens is 406 g/mol. The molecule has 0 unspecified atom stereocenters. The van der Waals surface area contributed by atoms with Gasteiger partial charge in [0.05, 0.1) is 12.2 Å². The molecule has 0 aliphatic carbocycles. The van der Waals surface area contributed by atoms with Gasteiger partial charge in [-0.05, 0) is 38.0 Å². The number of fused-ring (bicyclic) bond motifs is 5. The molecule has 1 fully saturated rings. The molecule has 164 valence electrons. The van der Waals surface area contributed by atoms with E-state index in [9.17, 15) is 14.4 Å². The van der Waals surface area contributed by atoms with Crippen molar-refractivity contribution in [2.24, 2.45) is 0 Å². The summed E-state index contributed by atoms with van der Waals surface area (Å²) in [4.78, 5) is 46.2. The fourth-order valence-corrected chi connectivity index (χ4v) is 4.63. The van der Waals surface area contributed by atoms with Crippen LogP contribution in [-0.2, 0) is 27.3 Å². The molecule has 1 aromatic heterocycles. The zero-order valence-corrected chi connectivity index (χ0v) is 18.3. The number of carbonyl (C=O) groups excluding carboxylic acids is 3. The van der Waals surface area contributed by atoms with Gasteiger partial charge in [0.1, 0.15) is 11.6 Å². The predicted molar refractivity (Wildman–Crippen MR) is 119 cm³/mol. The number of esters is 1. The van der Waals surface area contributed by atoms with Gasteiger partial charge in [0.25, 0.3) is 5.91 Å². The summed E-state index contributed by atoms with van der Waals surface area (Å²) in [7, 11) is 0. The fourth-order valence-electron chi connectivity index (χ4n) is 4.63. The maximum atomic E-state index is 13.5. The molecule has 5 rings (SSSR count). The number of nitrogens with zero attached hydrogens (tertiary/aromatic N) is 2. The molecule has 1 saturated heterocycles. The van der Waals surface area contributed by atoms with Crippen LogP contribution in [0.3, 0.4) is 0 Å². The van der Waals surface area contributed by atoms with Crippen LogP contribution in [0, 0.1) is 0 Å². The molecule has 2 aliphatic rings. The third-order valence-electron chi connectivity index (χ3n) is 5.95. The summed E-state index contributed by atoms with van der Waals surface area (Å²) in [5, 5.41) is 0.956. The second kappa shape index (κ2) is 7.22. The van der Waals surface area contributed by atoms with Crippen molar-refractivity contribution in [1.29, 1.82) is 0 Å². The van der Waals surface area contributed by atoms with Crippen molar-refractivity contribution in [3.8, 4) is 0 Å². The van der Waals surface area contributed by atoms with E-state index in [0.29, 0.717) is 12.1 Å². The van der Waals surface area contributed by atoms with Crippen molar-refractivity contribution in [1.82, 2.24) is 14.8 Å². The number of ether oxygens (including phenoxy) is 1. The average Bonchev–Trinajstić information content (AvgIpc) is 3.23. The molecule has 3 heterocycles. The minimum absolute atomic E-state index is 0.155. The summed E-state index contributed by atoms with van der Waals surface area (Å²) in [6.07, 6.45) is 0.295. The first-order valence-corrected chi connectivity index (χ1v) is 10.7. The van der Waals surface area contributed by atoms with E-state index in [1.807, 2.05) is 54.6 Å². The van der Waals surface area contributed by atoms with Crippen molar-refractivity contribution in [3.63, 3.8) is 0 Å². The highest BCUT2D eigenvalue weighted by atomic mass is 16.6. The van der Waals surface area contributed by atoms with Crippen molar-refractivity contribution in [2.75, 3.05) is 0 Å². The second-order valence-corrected chi connectivity index (χ2v) is 9.32. The maximum Gasteiger partial charge on any atom is 0.329 e. The van der Waals surface area contributed by atoms with Crippen molar-refractivity contribution in [3.05, 3.63) is 71.4 Å². The molecule has 7 nitrogen and oxygen atoms in total. The Bertz CT molecular complexity index is 1220. The van der Waals surface area contributed by atoms with Crippen LogP contribution in [0.4, 0.5) is 4.79 Å². The second-order valence-electron chi connectivity index (χ2n) is 9.32. The molecule has 0 bridgehead atoms. The van der Waals surface area contributed by atoms with Gasteiger partial charge >= 0.3 is 12.0 Å². The van der Waals surface area contributed by atoms with E-state index in [2.05, 4.69) is 4.98 Å². The normalized spacial score (nSPS) is 20.5. The Balaban J connectivity index is 1.60. The lowest BCUT2D eigenvalue weighted by molar-refractivity contribution is -0.161. The maximum absolute atomic E-state index is 13.5. The minimum Gasteiger partial charge on any atom is -0.458 e. The molecule has 3 amide bonds. The summed E-state index contributed by atoms with van der Waals surface area (Å²) in [5.74, 6) is -0.832. The number of amides is 3. The van der Waals surface area contributed by atoms with Gasteiger partial charge in [0.15, 0.2) is 6.04 Å².